The van der Waals surface area contributed by atoms with E-state index in [9.17, 15) is 9.59 Å². The van der Waals surface area contributed by atoms with Gasteiger partial charge in [0.2, 0.25) is 0 Å². The van der Waals surface area contributed by atoms with Crippen LogP contribution in [-0.4, -0.2) is 11.8 Å². The Balaban J connectivity index is 1.80. The van der Waals surface area contributed by atoms with Crippen LogP contribution in [0.15, 0.2) is 87.8 Å². The Morgan fingerprint density at radius 1 is 0.815 bits per heavy atom. The van der Waals surface area contributed by atoms with Crippen LogP contribution in [0, 0.1) is 0 Å². The van der Waals surface area contributed by atoms with Crippen LogP contribution in [0.3, 0.4) is 0 Å². The van der Waals surface area contributed by atoms with E-state index in [1.165, 1.54) is 6.08 Å². The zero-order chi connectivity index (χ0) is 19.2. The molecule has 0 heterocycles. The molecule has 0 N–H and O–H groups in total. The largest absolute Gasteiger partial charge is 0.422 e. The van der Waals surface area contributed by atoms with Crippen LogP contribution in [0.1, 0.15) is 26.3 Å². The molecule has 0 fully saturated rings. The maximum absolute atomic E-state index is 12.4. The van der Waals surface area contributed by atoms with Gasteiger partial charge in [-0.3, -0.25) is 4.79 Å². The molecule has 0 bridgehead atoms. The zero-order valence-corrected chi connectivity index (χ0v) is 17.2. The second-order valence-corrected chi connectivity index (χ2v) is 7.38. The van der Waals surface area contributed by atoms with E-state index in [1.54, 1.807) is 54.6 Å². The van der Waals surface area contributed by atoms with Crippen LogP contribution in [0.4, 0.5) is 0 Å². The van der Waals surface area contributed by atoms with Gasteiger partial charge in [0.1, 0.15) is 5.75 Å². The van der Waals surface area contributed by atoms with Gasteiger partial charge in [0, 0.05) is 20.1 Å². The van der Waals surface area contributed by atoms with Crippen molar-refractivity contribution in [2.24, 2.45) is 0 Å². The van der Waals surface area contributed by atoms with Gasteiger partial charge in [0.05, 0.1) is 5.56 Å². The van der Waals surface area contributed by atoms with E-state index in [0.29, 0.717) is 26.9 Å². The second kappa shape index (κ2) is 8.93. The molecule has 5 heteroatoms. The maximum atomic E-state index is 12.4. The third kappa shape index (κ3) is 5.02. The molecule has 0 amide bonds. The minimum Gasteiger partial charge on any atom is -0.422 e. The van der Waals surface area contributed by atoms with Crippen molar-refractivity contribution < 1.29 is 14.3 Å². The molecule has 3 nitrogen and oxygen atoms in total. The summed E-state index contributed by atoms with van der Waals surface area (Å²) in [5, 5.41) is 0. The molecule has 0 saturated heterocycles. The predicted molar refractivity (Wildman–Crippen MR) is 113 cm³/mol. The first-order valence-corrected chi connectivity index (χ1v) is 9.67. The first-order chi connectivity index (χ1) is 13.0. The van der Waals surface area contributed by atoms with Gasteiger partial charge in [0.15, 0.2) is 5.78 Å². The number of esters is 1. The van der Waals surface area contributed by atoms with Gasteiger partial charge in [-0.1, -0.05) is 46.3 Å². The number of para-hydroxylation sites is 1. The Morgan fingerprint density at radius 2 is 1.48 bits per heavy atom. The normalized spacial score (nSPS) is 10.7. The Morgan fingerprint density at radius 3 is 2.22 bits per heavy atom. The summed E-state index contributed by atoms with van der Waals surface area (Å²) in [6.07, 6.45) is 3.11. The number of hydrogen-bond acceptors (Lipinski definition) is 3. The van der Waals surface area contributed by atoms with Gasteiger partial charge in [-0.05, 0) is 70.5 Å². The summed E-state index contributed by atoms with van der Waals surface area (Å²) in [6.45, 7) is 0. The van der Waals surface area contributed by atoms with E-state index in [1.807, 2.05) is 24.3 Å². The van der Waals surface area contributed by atoms with Crippen molar-refractivity contribution in [1.29, 1.82) is 0 Å². The lowest BCUT2D eigenvalue weighted by molar-refractivity contribution is 0.0733. The summed E-state index contributed by atoms with van der Waals surface area (Å²) in [7, 11) is 0. The summed E-state index contributed by atoms with van der Waals surface area (Å²) < 4.78 is 7.10. The number of carbonyl (C=O) groups excluding carboxylic acids is 2. The van der Waals surface area contributed by atoms with E-state index >= 15 is 0 Å². The SMILES string of the molecule is O=C(/C=C/c1ccccc1OC(=O)c1ccccc1Br)c1ccc(Br)cc1. The topological polar surface area (TPSA) is 43.4 Å². The molecule has 0 aliphatic heterocycles. The average molecular weight is 486 g/mol. The van der Waals surface area contributed by atoms with Crippen LogP contribution < -0.4 is 4.74 Å². The van der Waals surface area contributed by atoms with E-state index in [-0.39, 0.29) is 5.78 Å². The molecule has 0 saturated carbocycles. The standard InChI is InChI=1S/C22H14Br2O3/c23-17-12-9-15(10-13-17)20(25)14-11-16-5-1-4-8-21(16)27-22(26)18-6-2-3-7-19(18)24/h1-14H/b14-11+. The van der Waals surface area contributed by atoms with Crippen molar-refractivity contribution >= 4 is 49.7 Å². The van der Waals surface area contributed by atoms with E-state index in [4.69, 9.17) is 4.74 Å². The first kappa shape index (κ1) is 19.3. The quantitative estimate of drug-likeness (QED) is 0.183. The molecule has 3 aromatic carbocycles. The fraction of sp³-hybridized carbons (Fsp3) is 0. The summed E-state index contributed by atoms with van der Waals surface area (Å²) in [5.74, 6) is -0.213. The number of ketones is 1. The fourth-order valence-electron chi connectivity index (χ4n) is 2.37. The van der Waals surface area contributed by atoms with Crippen LogP contribution >= 0.6 is 31.9 Å². The highest BCUT2D eigenvalue weighted by Gasteiger charge is 2.13. The van der Waals surface area contributed by atoms with Gasteiger partial charge < -0.3 is 4.74 Å². The molecule has 0 radical (unpaired) electrons. The highest BCUT2D eigenvalue weighted by Crippen LogP contribution is 2.23. The highest BCUT2D eigenvalue weighted by atomic mass is 79.9. The number of allylic oxidation sites excluding steroid dienone is 1. The number of hydrogen-bond donors (Lipinski definition) is 0. The van der Waals surface area contributed by atoms with E-state index in [2.05, 4.69) is 31.9 Å². The molecular weight excluding hydrogens is 472 g/mol. The molecule has 0 aliphatic rings. The van der Waals surface area contributed by atoms with Gasteiger partial charge >= 0.3 is 5.97 Å². The second-order valence-electron chi connectivity index (χ2n) is 5.61. The lowest BCUT2D eigenvalue weighted by Crippen LogP contribution is -2.09. The van der Waals surface area contributed by atoms with Gasteiger partial charge in [-0.2, -0.15) is 0 Å². The minimum atomic E-state index is -0.470. The molecule has 0 aliphatic carbocycles. The Kier molecular flexibility index (Phi) is 6.37. The third-order valence-corrected chi connectivity index (χ3v) is 4.98. The molecular formula is C22H14Br2O3. The number of rotatable bonds is 5. The molecule has 0 atom stereocenters. The van der Waals surface area contributed by atoms with Crippen molar-refractivity contribution in [2.75, 3.05) is 0 Å². The molecule has 0 aromatic heterocycles. The molecule has 27 heavy (non-hydrogen) atoms. The smallest absolute Gasteiger partial charge is 0.344 e. The first-order valence-electron chi connectivity index (χ1n) is 8.08. The summed E-state index contributed by atoms with van der Waals surface area (Å²) in [5.41, 5.74) is 1.66. The molecule has 134 valence electrons. The number of halogens is 2. The molecule has 0 unspecified atom stereocenters. The van der Waals surface area contributed by atoms with Crippen molar-refractivity contribution in [3.8, 4) is 5.75 Å². The van der Waals surface area contributed by atoms with Crippen LogP contribution in [0.25, 0.3) is 6.08 Å². The van der Waals surface area contributed by atoms with Crippen molar-refractivity contribution in [3.05, 3.63) is 105 Å². The summed E-state index contributed by atoms with van der Waals surface area (Å²) in [6, 6.07) is 21.2. The van der Waals surface area contributed by atoms with Crippen LogP contribution in [0.5, 0.6) is 5.75 Å². The third-order valence-electron chi connectivity index (χ3n) is 3.76. The highest BCUT2D eigenvalue weighted by molar-refractivity contribution is 9.10. The Labute approximate surface area is 173 Å². The minimum absolute atomic E-state index is 0.130. The maximum Gasteiger partial charge on any atom is 0.344 e. The summed E-state index contributed by atoms with van der Waals surface area (Å²) in [4.78, 5) is 24.7. The van der Waals surface area contributed by atoms with Crippen LogP contribution in [-0.2, 0) is 0 Å². The van der Waals surface area contributed by atoms with Gasteiger partial charge in [-0.25, -0.2) is 4.79 Å². The number of carbonyl (C=O) groups is 2. The fourth-order valence-corrected chi connectivity index (χ4v) is 3.08. The van der Waals surface area contributed by atoms with Crippen molar-refractivity contribution in [1.82, 2.24) is 0 Å². The lowest BCUT2D eigenvalue weighted by Gasteiger charge is -2.08. The predicted octanol–water partition coefficient (Wildman–Crippen LogP) is 6.33. The number of ether oxygens (including phenoxy) is 1. The van der Waals surface area contributed by atoms with Gasteiger partial charge in [-0.15, -0.1) is 0 Å². The molecule has 3 aromatic rings. The van der Waals surface area contributed by atoms with Crippen molar-refractivity contribution in [3.63, 3.8) is 0 Å². The van der Waals surface area contributed by atoms with Crippen molar-refractivity contribution in [2.45, 2.75) is 0 Å². The lowest BCUT2D eigenvalue weighted by atomic mass is 10.1. The average Bonchev–Trinajstić information content (AvgIpc) is 2.68. The molecule has 0 spiro atoms. The monoisotopic (exact) mass is 484 g/mol. The number of benzene rings is 3. The Hall–Kier alpha value is -2.50. The van der Waals surface area contributed by atoms with Crippen LogP contribution in [0.2, 0.25) is 0 Å². The van der Waals surface area contributed by atoms with E-state index in [0.717, 1.165) is 4.47 Å². The molecule has 3 rings (SSSR count). The van der Waals surface area contributed by atoms with E-state index < -0.39 is 5.97 Å². The summed E-state index contributed by atoms with van der Waals surface area (Å²) >= 11 is 6.69. The Bertz CT molecular complexity index is 1010. The zero-order valence-electron chi connectivity index (χ0n) is 14.1. The van der Waals surface area contributed by atoms with Gasteiger partial charge in [0.25, 0.3) is 0 Å².